The van der Waals surface area contributed by atoms with Gasteiger partial charge in [-0.2, -0.15) is 0 Å². The highest BCUT2D eigenvalue weighted by atomic mass is 16.5. The van der Waals surface area contributed by atoms with Gasteiger partial charge in [-0.1, -0.05) is 18.2 Å². The van der Waals surface area contributed by atoms with Gasteiger partial charge in [0, 0.05) is 56.7 Å². The first-order valence-electron chi connectivity index (χ1n) is 9.42. The average molecular weight is 353 g/mol. The van der Waals surface area contributed by atoms with E-state index in [1.54, 1.807) is 7.11 Å². The number of hydrogen-bond donors (Lipinski definition) is 0. The van der Waals surface area contributed by atoms with Crippen molar-refractivity contribution in [1.82, 2.24) is 14.8 Å². The van der Waals surface area contributed by atoms with Gasteiger partial charge in [0.15, 0.2) is 0 Å². The topological polar surface area (TPSA) is 37.8 Å². The minimum Gasteiger partial charge on any atom is -0.496 e. The van der Waals surface area contributed by atoms with E-state index in [-0.39, 0.29) is 0 Å². The number of piperidine rings is 1. The molecule has 0 bridgehead atoms. The summed E-state index contributed by atoms with van der Waals surface area (Å²) < 4.78 is 11.6. The number of methoxy groups -OCH3 is 1. The zero-order valence-electron chi connectivity index (χ0n) is 15.4. The lowest BCUT2D eigenvalue weighted by Gasteiger charge is -2.47. The van der Waals surface area contributed by atoms with E-state index >= 15 is 0 Å². The van der Waals surface area contributed by atoms with E-state index in [1.165, 1.54) is 11.1 Å². The second-order valence-electron chi connectivity index (χ2n) is 7.14. The molecule has 2 aliphatic rings. The van der Waals surface area contributed by atoms with Gasteiger partial charge in [0.25, 0.3) is 0 Å². The zero-order valence-corrected chi connectivity index (χ0v) is 15.4. The van der Waals surface area contributed by atoms with Gasteiger partial charge in [0.1, 0.15) is 5.75 Å². The molecule has 0 saturated carbocycles. The summed E-state index contributed by atoms with van der Waals surface area (Å²) >= 11 is 0. The van der Waals surface area contributed by atoms with Crippen LogP contribution in [-0.2, 0) is 17.8 Å². The summed E-state index contributed by atoms with van der Waals surface area (Å²) in [5.41, 5.74) is 2.58. The first-order valence-corrected chi connectivity index (χ1v) is 9.42. The molecule has 138 valence electrons. The number of fused-ring (bicyclic) bond motifs is 1. The number of likely N-dealkylation sites (tertiary alicyclic amines) is 1. The van der Waals surface area contributed by atoms with Crippen molar-refractivity contribution in [2.75, 3.05) is 33.4 Å². The fraction of sp³-hybridized carbons (Fsp3) is 0.476. The van der Waals surface area contributed by atoms with Crippen molar-refractivity contribution in [3.8, 4) is 5.75 Å². The van der Waals surface area contributed by atoms with E-state index in [1.807, 2.05) is 24.5 Å². The Kier molecular flexibility index (Phi) is 5.48. The molecule has 5 heteroatoms. The maximum absolute atomic E-state index is 6.09. The van der Waals surface area contributed by atoms with Crippen molar-refractivity contribution in [3.05, 3.63) is 59.9 Å². The number of para-hydroxylation sites is 1. The summed E-state index contributed by atoms with van der Waals surface area (Å²) in [6, 6.07) is 13.0. The minimum absolute atomic E-state index is 0.347. The van der Waals surface area contributed by atoms with Gasteiger partial charge in [-0.3, -0.25) is 14.8 Å². The molecule has 2 aliphatic heterocycles. The Morgan fingerprint density at radius 3 is 2.81 bits per heavy atom. The molecule has 26 heavy (non-hydrogen) atoms. The molecule has 4 rings (SSSR count). The van der Waals surface area contributed by atoms with Crippen molar-refractivity contribution in [3.63, 3.8) is 0 Å². The molecule has 5 nitrogen and oxygen atoms in total. The lowest BCUT2D eigenvalue weighted by molar-refractivity contribution is -0.107. The molecular formula is C21H27N3O2. The number of benzene rings is 1. The quantitative estimate of drug-likeness (QED) is 0.826. The van der Waals surface area contributed by atoms with Gasteiger partial charge in [0.05, 0.1) is 19.8 Å². The predicted octanol–water partition coefficient (Wildman–Crippen LogP) is 2.57. The summed E-state index contributed by atoms with van der Waals surface area (Å²) in [5.74, 6) is 0.975. The third-order valence-electron chi connectivity index (χ3n) is 5.51. The first kappa shape index (κ1) is 17.5. The maximum Gasteiger partial charge on any atom is 0.123 e. The summed E-state index contributed by atoms with van der Waals surface area (Å²) in [6.07, 6.45) is 5.19. The monoisotopic (exact) mass is 353 g/mol. The molecule has 0 spiro atoms. The Bertz CT molecular complexity index is 709. The van der Waals surface area contributed by atoms with E-state index in [2.05, 4.69) is 39.0 Å². The number of rotatable bonds is 5. The van der Waals surface area contributed by atoms with Gasteiger partial charge in [0.2, 0.25) is 0 Å². The van der Waals surface area contributed by atoms with Crippen LogP contribution in [-0.4, -0.2) is 60.3 Å². The molecule has 0 aliphatic carbocycles. The van der Waals surface area contributed by atoms with Crippen LogP contribution in [0.15, 0.2) is 48.8 Å². The van der Waals surface area contributed by atoms with Crippen LogP contribution >= 0.6 is 0 Å². The number of aromatic nitrogens is 1. The fourth-order valence-electron chi connectivity index (χ4n) is 4.14. The highest BCUT2D eigenvalue weighted by Crippen LogP contribution is 2.27. The van der Waals surface area contributed by atoms with Gasteiger partial charge >= 0.3 is 0 Å². The first-order chi connectivity index (χ1) is 12.8. The van der Waals surface area contributed by atoms with Crippen LogP contribution in [0.1, 0.15) is 17.5 Å². The van der Waals surface area contributed by atoms with E-state index in [0.717, 1.165) is 51.5 Å². The number of hydrogen-bond acceptors (Lipinski definition) is 5. The molecule has 0 amide bonds. The van der Waals surface area contributed by atoms with Crippen LogP contribution in [0, 0.1) is 0 Å². The molecule has 0 unspecified atom stereocenters. The molecule has 1 aromatic heterocycles. The Morgan fingerprint density at radius 1 is 1.12 bits per heavy atom. The standard InChI is InChI=1S/C21H27N3O2/c1-25-20-5-3-2-4-18(20)15-23-11-8-21-19(16-23)24(12-13-26-21)14-17-6-9-22-10-7-17/h2-7,9-10,19,21H,8,11-16H2,1H3/t19-,21-/m1/s1. The van der Waals surface area contributed by atoms with Crippen LogP contribution in [0.3, 0.4) is 0 Å². The summed E-state index contributed by atoms with van der Waals surface area (Å²) in [6.45, 7) is 5.83. The van der Waals surface area contributed by atoms with Gasteiger partial charge in [-0.25, -0.2) is 0 Å². The van der Waals surface area contributed by atoms with Crippen LogP contribution in [0.5, 0.6) is 5.75 Å². The van der Waals surface area contributed by atoms with Crippen molar-refractivity contribution in [2.24, 2.45) is 0 Å². The third kappa shape index (κ3) is 3.90. The number of ether oxygens (including phenoxy) is 2. The molecule has 0 N–H and O–H groups in total. The maximum atomic E-state index is 6.09. The molecule has 0 radical (unpaired) electrons. The molecule has 3 heterocycles. The van der Waals surface area contributed by atoms with Crippen molar-refractivity contribution < 1.29 is 9.47 Å². The van der Waals surface area contributed by atoms with Crippen LogP contribution < -0.4 is 4.74 Å². The van der Waals surface area contributed by atoms with E-state index < -0.39 is 0 Å². The summed E-state index contributed by atoms with van der Waals surface area (Å²) in [5, 5.41) is 0. The lowest BCUT2D eigenvalue weighted by atomic mass is 9.97. The highest BCUT2D eigenvalue weighted by Gasteiger charge is 2.37. The SMILES string of the molecule is COc1ccccc1CN1CC[C@H]2OCCN(Cc3ccncc3)[C@@H]2C1. The second-order valence-corrected chi connectivity index (χ2v) is 7.14. The molecular weight excluding hydrogens is 326 g/mol. The summed E-state index contributed by atoms with van der Waals surface area (Å²) in [7, 11) is 1.75. The Balaban J connectivity index is 1.45. The Morgan fingerprint density at radius 2 is 1.96 bits per heavy atom. The smallest absolute Gasteiger partial charge is 0.123 e. The van der Waals surface area contributed by atoms with Gasteiger partial charge in [-0.05, 0) is 30.2 Å². The van der Waals surface area contributed by atoms with Crippen molar-refractivity contribution in [2.45, 2.75) is 31.7 Å². The second kappa shape index (κ2) is 8.16. The predicted molar refractivity (Wildman–Crippen MR) is 101 cm³/mol. The number of pyridine rings is 1. The number of morpholine rings is 1. The van der Waals surface area contributed by atoms with Crippen molar-refractivity contribution in [1.29, 1.82) is 0 Å². The summed E-state index contributed by atoms with van der Waals surface area (Å²) in [4.78, 5) is 9.25. The fourth-order valence-corrected chi connectivity index (χ4v) is 4.14. The Hall–Kier alpha value is -1.95. The van der Waals surface area contributed by atoms with Gasteiger partial charge in [-0.15, -0.1) is 0 Å². The molecule has 2 atom stereocenters. The third-order valence-corrected chi connectivity index (χ3v) is 5.51. The van der Waals surface area contributed by atoms with E-state index in [0.29, 0.717) is 12.1 Å². The average Bonchev–Trinajstić information content (AvgIpc) is 2.70. The largest absolute Gasteiger partial charge is 0.496 e. The van der Waals surface area contributed by atoms with E-state index in [9.17, 15) is 0 Å². The van der Waals surface area contributed by atoms with E-state index in [4.69, 9.17) is 9.47 Å². The van der Waals surface area contributed by atoms with Crippen LogP contribution in [0.2, 0.25) is 0 Å². The number of nitrogens with zero attached hydrogens (tertiary/aromatic N) is 3. The Labute approximate surface area is 155 Å². The zero-order chi connectivity index (χ0) is 17.8. The minimum atomic E-state index is 0.347. The molecule has 2 saturated heterocycles. The molecule has 2 aromatic rings. The van der Waals surface area contributed by atoms with Crippen LogP contribution in [0.4, 0.5) is 0 Å². The molecule has 2 fully saturated rings. The van der Waals surface area contributed by atoms with Crippen LogP contribution in [0.25, 0.3) is 0 Å². The lowest BCUT2D eigenvalue weighted by Crippen LogP contribution is -2.59. The normalized spacial score (nSPS) is 24.2. The van der Waals surface area contributed by atoms with Crippen molar-refractivity contribution >= 4 is 0 Å². The molecule has 1 aromatic carbocycles. The highest BCUT2D eigenvalue weighted by molar-refractivity contribution is 5.33. The van der Waals surface area contributed by atoms with Gasteiger partial charge < -0.3 is 9.47 Å².